The van der Waals surface area contributed by atoms with Crippen LogP contribution in [0.15, 0.2) is 12.3 Å². The topological polar surface area (TPSA) is 52.6 Å². The average Bonchev–Trinajstić information content (AvgIpc) is 2.33. The fraction of sp³-hybridized carbons (Fsp3) is 0.600. The second-order valence-corrected chi connectivity index (χ2v) is 3.25. The number of ketones is 1. The first-order valence-electron chi connectivity index (χ1n) is 4.65. The van der Waals surface area contributed by atoms with E-state index in [1.165, 1.54) is 0 Å². The summed E-state index contributed by atoms with van der Waals surface area (Å²) < 4.78 is 9.98. The van der Waals surface area contributed by atoms with Crippen LogP contribution in [0.5, 0.6) is 0 Å². The summed E-state index contributed by atoms with van der Waals surface area (Å²) in [5, 5.41) is 0. The molecule has 0 saturated carbocycles. The predicted octanol–water partition coefficient (Wildman–Crippen LogP) is 1.20. The number of rotatable bonds is 3. The van der Waals surface area contributed by atoms with Gasteiger partial charge in [0.1, 0.15) is 5.76 Å². The van der Waals surface area contributed by atoms with Gasteiger partial charge in [-0.3, -0.25) is 9.59 Å². The monoisotopic (exact) mass is 198 g/mol. The Kier molecular flexibility index (Phi) is 3.28. The Morgan fingerprint density at radius 3 is 2.71 bits per heavy atom. The van der Waals surface area contributed by atoms with Gasteiger partial charge in [-0.15, -0.1) is 0 Å². The van der Waals surface area contributed by atoms with Crippen molar-refractivity contribution in [1.29, 1.82) is 0 Å². The Labute approximate surface area is 82.9 Å². The molecule has 0 aromatic carbocycles. The molecule has 2 atom stereocenters. The third kappa shape index (κ3) is 2.13. The minimum absolute atomic E-state index is 0.229. The molecule has 4 nitrogen and oxygen atoms in total. The van der Waals surface area contributed by atoms with E-state index in [4.69, 9.17) is 9.47 Å². The lowest BCUT2D eigenvalue weighted by atomic mass is 10.2. The van der Waals surface area contributed by atoms with Gasteiger partial charge in [-0.25, -0.2) is 0 Å². The van der Waals surface area contributed by atoms with Crippen LogP contribution in [0.1, 0.15) is 26.7 Å². The van der Waals surface area contributed by atoms with E-state index < -0.39 is 12.2 Å². The van der Waals surface area contributed by atoms with Crippen LogP contribution < -0.4 is 0 Å². The lowest BCUT2D eigenvalue weighted by Crippen LogP contribution is -2.26. The zero-order valence-electron chi connectivity index (χ0n) is 8.41. The summed E-state index contributed by atoms with van der Waals surface area (Å²) >= 11 is 0. The molecule has 1 aliphatic rings. The van der Waals surface area contributed by atoms with E-state index in [9.17, 15) is 9.59 Å². The summed E-state index contributed by atoms with van der Waals surface area (Å²) in [5.74, 6) is -0.392. The van der Waals surface area contributed by atoms with Crippen LogP contribution in [0.3, 0.4) is 0 Å². The van der Waals surface area contributed by atoms with Gasteiger partial charge < -0.3 is 9.47 Å². The number of esters is 1. The van der Waals surface area contributed by atoms with Gasteiger partial charge in [-0.05, 0) is 13.3 Å². The summed E-state index contributed by atoms with van der Waals surface area (Å²) in [6, 6.07) is 0. The Balaban J connectivity index is 2.56. The molecule has 78 valence electrons. The minimum Gasteiger partial charge on any atom is -0.483 e. The fourth-order valence-corrected chi connectivity index (χ4v) is 1.24. The minimum atomic E-state index is -0.899. The van der Waals surface area contributed by atoms with E-state index in [0.717, 1.165) is 0 Å². The number of hydrogen-bond donors (Lipinski definition) is 0. The van der Waals surface area contributed by atoms with E-state index in [1.54, 1.807) is 6.92 Å². The van der Waals surface area contributed by atoms with Crippen molar-refractivity contribution in [2.75, 3.05) is 0 Å². The van der Waals surface area contributed by atoms with Crippen LogP contribution in [0.25, 0.3) is 0 Å². The first kappa shape index (κ1) is 10.8. The maximum atomic E-state index is 11.4. The zero-order chi connectivity index (χ0) is 10.7. The van der Waals surface area contributed by atoms with Gasteiger partial charge in [0.25, 0.3) is 0 Å². The van der Waals surface area contributed by atoms with Gasteiger partial charge in [0.2, 0.25) is 11.9 Å². The van der Waals surface area contributed by atoms with Crippen molar-refractivity contribution < 1.29 is 19.1 Å². The summed E-state index contributed by atoms with van der Waals surface area (Å²) in [5.41, 5.74) is 0. The van der Waals surface area contributed by atoms with Crippen LogP contribution in [-0.2, 0) is 19.1 Å². The van der Waals surface area contributed by atoms with Gasteiger partial charge in [0.05, 0.1) is 0 Å². The number of Topliss-reactive ketones (excluding diaryl/α,β-unsaturated/α-hetero) is 1. The highest BCUT2D eigenvalue weighted by Gasteiger charge is 2.39. The smallest absolute Gasteiger partial charge is 0.306 e. The van der Waals surface area contributed by atoms with Gasteiger partial charge in [0, 0.05) is 6.42 Å². The Bertz CT molecular complexity index is 269. The molecule has 1 rings (SSSR count). The molecule has 1 heterocycles. The van der Waals surface area contributed by atoms with Gasteiger partial charge in [-0.2, -0.15) is 0 Å². The van der Waals surface area contributed by atoms with Gasteiger partial charge in [0.15, 0.2) is 6.10 Å². The molecule has 0 N–H and O–H groups in total. The second-order valence-electron chi connectivity index (χ2n) is 3.25. The molecular weight excluding hydrogens is 184 g/mol. The molecule has 0 aromatic rings. The molecule has 1 aliphatic heterocycles. The number of hydrogen-bond acceptors (Lipinski definition) is 4. The van der Waals surface area contributed by atoms with E-state index in [0.29, 0.717) is 12.8 Å². The summed E-state index contributed by atoms with van der Waals surface area (Å²) in [7, 11) is 0. The molecule has 0 amide bonds. The second kappa shape index (κ2) is 4.26. The van der Waals surface area contributed by atoms with E-state index >= 15 is 0 Å². The average molecular weight is 198 g/mol. The van der Waals surface area contributed by atoms with E-state index in [2.05, 4.69) is 6.58 Å². The Morgan fingerprint density at radius 1 is 1.64 bits per heavy atom. The molecule has 4 heteroatoms. The molecule has 1 fully saturated rings. The van der Waals surface area contributed by atoms with Gasteiger partial charge in [-0.1, -0.05) is 13.5 Å². The molecule has 0 radical (unpaired) electrons. The number of carbonyl (C=O) groups is 2. The van der Waals surface area contributed by atoms with Crippen molar-refractivity contribution in [1.82, 2.24) is 0 Å². The first-order chi connectivity index (χ1) is 6.56. The maximum Gasteiger partial charge on any atom is 0.306 e. The quantitative estimate of drug-likeness (QED) is 0.639. The van der Waals surface area contributed by atoms with Crippen molar-refractivity contribution in [3.63, 3.8) is 0 Å². The molecular formula is C10H14O4. The van der Waals surface area contributed by atoms with Crippen molar-refractivity contribution in [2.45, 2.75) is 38.9 Å². The lowest BCUT2D eigenvalue weighted by Gasteiger charge is -2.08. The maximum absolute atomic E-state index is 11.4. The molecule has 2 unspecified atom stereocenters. The predicted molar refractivity (Wildman–Crippen MR) is 49.5 cm³/mol. The summed E-state index contributed by atoms with van der Waals surface area (Å²) in [6.07, 6.45) is -0.445. The van der Waals surface area contributed by atoms with E-state index in [-0.39, 0.29) is 17.5 Å². The zero-order valence-corrected chi connectivity index (χ0v) is 8.41. The molecule has 14 heavy (non-hydrogen) atoms. The highest BCUT2D eigenvalue weighted by Crippen LogP contribution is 2.22. The third-order valence-corrected chi connectivity index (χ3v) is 1.98. The molecule has 1 saturated heterocycles. The van der Waals surface area contributed by atoms with Crippen LogP contribution in [0.2, 0.25) is 0 Å². The van der Waals surface area contributed by atoms with Crippen molar-refractivity contribution in [3.8, 4) is 0 Å². The SMILES string of the molecule is C=C1OC(C)C(=O)C1OC(=O)CCC. The highest BCUT2D eigenvalue weighted by molar-refractivity contribution is 5.93. The number of carbonyl (C=O) groups excluding carboxylic acids is 2. The highest BCUT2D eigenvalue weighted by atomic mass is 16.6. The largest absolute Gasteiger partial charge is 0.483 e. The first-order valence-corrected chi connectivity index (χ1v) is 4.65. The van der Waals surface area contributed by atoms with Crippen molar-refractivity contribution in [2.24, 2.45) is 0 Å². The number of ether oxygens (including phenoxy) is 2. The Hall–Kier alpha value is -1.32. The summed E-state index contributed by atoms with van der Waals surface area (Å²) in [4.78, 5) is 22.5. The molecule has 0 aliphatic carbocycles. The van der Waals surface area contributed by atoms with Crippen molar-refractivity contribution in [3.05, 3.63) is 12.3 Å². The Morgan fingerprint density at radius 2 is 2.29 bits per heavy atom. The van der Waals surface area contributed by atoms with Crippen molar-refractivity contribution >= 4 is 11.8 Å². The fourth-order valence-electron chi connectivity index (χ4n) is 1.24. The van der Waals surface area contributed by atoms with E-state index in [1.807, 2.05) is 6.92 Å². The van der Waals surface area contributed by atoms with Crippen LogP contribution in [-0.4, -0.2) is 24.0 Å². The van der Waals surface area contributed by atoms with Crippen LogP contribution in [0.4, 0.5) is 0 Å². The van der Waals surface area contributed by atoms with Crippen LogP contribution in [0, 0.1) is 0 Å². The normalized spacial score (nSPS) is 26.1. The van der Waals surface area contributed by atoms with Crippen LogP contribution >= 0.6 is 0 Å². The lowest BCUT2D eigenvalue weighted by molar-refractivity contribution is -0.151. The standard InChI is InChI=1S/C10H14O4/c1-4-5-8(11)14-10-7(3)13-6(2)9(10)12/h6,10H,3-5H2,1-2H3. The molecule has 0 aromatic heterocycles. The molecule has 0 spiro atoms. The van der Waals surface area contributed by atoms with Gasteiger partial charge >= 0.3 is 5.97 Å². The third-order valence-electron chi connectivity index (χ3n) is 1.98. The summed E-state index contributed by atoms with van der Waals surface area (Å²) in [6.45, 7) is 7.01. The molecule has 0 bridgehead atoms.